The Morgan fingerprint density at radius 2 is 1.86 bits per heavy atom. The Morgan fingerprint density at radius 3 is 2.51 bits per heavy atom. The Balaban J connectivity index is 1.36. The van der Waals surface area contributed by atoms with Crippen molar-refractivity contribution in [3.8, 4) is 11.6 Å². The van der Waals surface area contributed by atoms with Crippen molar-refractivity contribution in [2.75, 3.05) is 51.9 Å². The number of nitrogens with zero attached hydrogens (tertiary/aromatic N) is 3. The van der Waals surface area contributed by atoms with Gasteiger partial charge >= 0.3 is 6.03 Å². The Kier molecular flexibility index (Phi) is 9.25. The molecule has 3 atom stereocenters. The number of likely N-dealkylation sites (tertiary alicyclic amines) is 1. The van der Waals surface area contributed by atoms with Crippen LogP contribution in [-0.2, 0) is 14.2 Å². The normalized spacial score (nSPS) is 21.7. The highest BCUT2D eigenvalue weighted by molar-refractivity contribution is 5.90. The number of ether oxygens (including phenoxy) is 4. The van der Waals surface area contributed by atoms with Crippen molar-refractivity contribution in [2.24, 2.45) is 0 Å². The van der Waals surface area contributed by atoms with Crippen LogP contribution in [0.25, 0.3) is 5.69 Å². The predicted octanol–water partition coefficient (Wildman–Crippen LogP) is 4.36. The molecule has 0 spiro atoms. The Morgan fingerprint density at radius 1 is 1.14 bits per heavy atom. The molecule has 1 aromatic heterocycles. The van der Waals surface area contributed by atoms with E-state index in [4.69, 9.17) is 18.9 Å². The molecule has 1 unspecified atom stereocenters. The van der Waals surface area contributed by atoms with Crippen LogP contribution in [0.2, 0.25) is 0 Å². The molecule has 2 aromatic carbocycles. The molecule has 2 aliphatic rings. The van der Waals surface area contributed by atoms with Crippen molar-refractivity contribution in [3.63, 3.8) is 0 Å². The predicted molar refractivity (Wildman–Crippen MR) is 152 cm³/mol. The molecule has 2 amide bonds. The highest BCUT2D eigenvalue weighted by Crippen LogP contribution is 2.32. The lowest BCUT2D eigenvalue weighted by Gasteiger charge is -2.21. The fraction of sp³-hybridized carbons (Fsp3) is 0.467. The van der Waals surface area contributed by atoms with Crippen LogP contribution in [0.3, 0.4) is 0 Å². The second-order valence-corrected chi connectivity index (χ2v) is 11.2. The molecule has 2 fully saturated rings. The van der Waals surface area contributed by atoms with Gasteiger partial charge < -0.3 is 24.3 Å². The lowest BCUT2D eigenvalue weighted by Crippen LogP contribution is -2.42. The lowest BCUT2D eigenvalue weighted by molar-refractivity contribution is -0.141. The van der Waals surface area contributed by atoms with Gasteiger partial charge in [0.1, 0.15) is 18.5 Å². The van der Waals surface area contributed by atoms with Gasteiger partial charge in [-0.2, -0.15) is 0 Å². The molecule has 3 heterocycles. The molecule has 2 saturated heterocycles. The number of halogens is 3. The van der Waals surface area contributed by atoms with Gasteiger partial charge in [-0.15, -0.1) is 5.10 Å². The first-order valence-corrected chi connectivity index (χ1v) is 14.1. The largest absolute Gasteiger partial charge is 0.473 e. The highest BCUT2D eigenvalue weighted by atomic mass is 19.2. The fourth-order valence-electron chi connectivity index (χ4n) is 5.41. The first-order chi connectivity index (χ1) is 20.5. The zero-order valence-electron chi connectivity index (χ0n) is 24.5. The SMILES string of the molecule is COCCN1C[C@@H](NC(=O)Nc2c(C)c(OCC3COC(C)(C)O3)nn2-c2ccccc2)[C@H](c2cc(F)c(F)c(F)c2)C1. The van der Waals surface area contributed by atoms with Crippen LogP contribution in [-0.4, -0.2) is 85.2 Å². The first-order valence-electron chi connectivity index (χ1n) is 14.1. The molecule has 0 saturated carbocycles. The van der Waals surface area contributed by atoms with Crippen molar-refractivity contribution < 1.29 is 36.9 Å². The standard InChI is InChI=1S/C30H36F3N5O5/c1-18-27(38(20-8-6-5-7-9-20)36-28(18)41-16-21-17-42-30(2,3)43-21)35-29(39)34-25-15-37(10-11-40-4)14-22(25)19-12-23(31)26(33)24(32)13-19/h5-9,12-13,21-22,25H,10-11,14-17H2,1-4H3,(H2,34,35,39)/t21?,22-,25+/m0/s1. The highest BCUT2D eigenvalue weighted by Gasteiger charge is 2.36. The second kappa shape index (κ2) is 12.9. The molecule has 10 nitrogen and oxygen atoms in total. The average molecular weight is 604 g/mol. The van der Waals surface area contributed by atoms with Crippen LogP contribution in [0.15, 0.2) is 42.5 Å². The molecule has 3 aromatic rings. The molecule has 13 heteroatoms. The van der Waals surface area contributed by atoms with Crippen LogP contribution in [0.1, 0.15) is 30.9 Å². The summed E-state index contributed by atoms with van der Waals surface area (Å²) in [5, 5.41) is 10.5. The Labute approximate surface area is 248 Å². The van der Waals surface area contributed by atoms with E-state index in [1.54, 1.807) is 18.7 Å². The van der Waals surface area contributed by atoms with E-state index >= 15 is 0 Å². The number of nitrogens with one attached hydrogen (secondary N) is 2. The topological polar surface area (TPSA) is 99.1 Å². The number of hydrogen-bond acceptors (Lipinski definition) is 7. The average Bonchev–Trinajstić information content (AvgIpc) is 3.64. The van der Waals surface area contributed by atoms with Gasteiger partial charge in [-0.25, -0.2) is 22.6 Å². The summed E-state index contributed by atoms with van der Waals surface area (Å²) in [5.74, 6) is -4.58. The summed E-state index contributed by atoms with van der Waals surface area (Å²) in [5.41, 5.74) is 1.53. The van der Waals surface area contributed by atoms with E-state index in [1.807, 2.05) is 49.1 Å². The number of benzene rings is 2. The van der Waals surface area contributed by atoms with Crippen molar-refractivity contribution in [2.45, 2.75) is 44.6 Å². The summed E-state index contributed by atoms with van der Waals surface area (Å²) in [4.78, 5) is 15.5. The van der Waals surface area contributed by atoms with Crippen LogP contribution < -0.4 is 15.4 Å². The van der Waals surface area contributed by atoms with Gasteiger partial charge in [-0.3, -0.25) is 10.2 Å². The summed E-state index contributed by atoms with van der Waals surface area (Å²) in [6.07, 6.45) is -0.280. The summed E-state index contributed by atoms with van der Waals surface area (Å²) in [7, 11) is 1.58. The molecule has 0 bridgehead atoms. The molecule has 232 valence electrons. The monoisotopic (exact) mass is 603 g/mol. The van der Waals surface area contributed by atoms with Crippen molar-refractivity contribution in [1.29, 1.82) is 0 Å². The van der Waals surface area contributed by atoms with Gasteiger partial charge in [-0.1, -0.05) is 18.2 Å². The Hall–Kier alpha value is -3.65. The fourth-order valence-corrected chi connectivity index (χ4v) is 5.41. The minimum Gasteiger partial charge on any atom is -0.473 e. The van der Waals surface area contributed by atoms with Gasteiger partial charge in [0, 0.05) is 32.7 Å². The number of hydrogen-bond donors (Lipinski definition) is 2. The van der Waals surface area contributed by atoms with Gasteiger partial charge in [0.05, 0.1) is 30.5 Å². The zero-order chi connectivity index (χ0) is 30.7. The maximum atomic E-state index is 14.1. The van der Waals surface area contributed by atoms with E-state index < -0.39 is 41.2 Å². The number of rotatable bonds is 10. The van der Waals surface area contributed by atoms with Crippen molar-refractivity contribution >= 4 is 11.8 Å². The van der Waals surface area contributed by atoms with Crippen LogP contribution in [0, 0.1) is 24.4 Å². The molecular weight excluding hydrogens is 567 g/mol. The third kappa shape index (κ3) is 7.12. The number of para-hydroxylation sites is 1. The molecule has 5 rings (SSSR count). The summed E-state index contributed by atoms with van der Waals surface area (Å²) >= 11 is 0. The second-order valence-electron chi connectivity index (χ2n) is 11.2. The number of amides is 2. The van der Waals surface area contributed by atoms with Gasteiger partial charge in [0.2, 0.25) is 5.88 Å². The van der Waals surface area contributed by atoms with E-state index in [0.29, 0.717) is 55.8 Å². The number of carbonyl (C=O) groups is 1. The van der Waals surface area contributed by atoms with E-state index in [-0.39, 0.29) is 18.3 Å². The number of aromatic nitrogens is 2. The third-order valence-corrected chi connectivity index (χ3v) is 7.54. The smallest absolute Gasteiger partial charge is 0.320 e. The maximum absolute atomic E-state index is 14.1. The van der Waals surface area contributed by atoms with E-state index in [9.17, 15) is 18.0 Å². The minimum absolute atomic E-state index is 0.202. The molecule has 2 N–H and O–H groups in total. The molecule has 0 radical (unpaired) electrons. The summed E-state index contributed by atoms with van der Waals surface area (Å²) < 4.78 is 66.2. The quantitative estimate of drug-likeness (QED) is 0.332. The number of carbonyl (C=O) groups excluding carboxylic acids is 1. The third-order valence-electron chi connectivity index (χ3n) is 7.54. The number of anilines is 1. The van der Waals surface area contributed by atoms with E-state index in [0.717, 1.165) is 12.1 Å². The van der Waals surface area contributed by atoms with Crippen LogP contribution in [0.4, 0.5) is 23.8 Å². The maximum Gasteiger partial charge on any atom is 0.320 e. The van der Waals surface area contributed by atoms with E-state index in [1.165, 1.54) is 0 Å². The lowest BCUT2D eigenvalue weighted by atomic mass is 9.94. The molecular formula is C30H36F3N5O5. The summed E-state index contributed by atoms with van der Waals surface area (Å²) in [6.45, 7) is 7.79. The van der Waals surface area contributed by atoms with Crippen molar-refractivity contribution in [3.05, 3.63) is 71.0 Å². The van der Waals surface area contributed by atoms with Crippen LogP contribution in [0.5, 0.6) is 5.88 Å². The van der Waals surface area contributed by atoms with Gasteiger partial charge in [-0.05, 0) is 50.6 Å². The van der Waals surface area contributed by atoms with E-state index in [2.05, 4.69) is 15.7 Å². The number of urea groups is 1. The Bertz CT molecular complexity index is 1410. The van der Waals surface area contributed by atoms with Crippen molar-refractivity contribution in [1.82, 2.24) is 20.0 Å². The zero-order valence-corrected chi connectivity index (χ0v) is 24.5. The molecule has 43 heavy (non-hydrogen) atoms. The minimum atomic E-state index is -1.53. The molecule has 0 aliphatic carbocycles. The first kappa shape index (κ1) is 30.8. The molecule has 2 aliphatic heterocycles. The summed E-state index contributed by atoms with van der Waals surface area (Å²) in [6, 6.07) is 10.1. The number of methoxy groups -OCH3 is 1. The van der Waals surface area contributed by atoms with Gasteiger partial charge in [0.15, 0.2) is 23.2 Å². The van der Waals surface area contributed by atoms with Gasteiger partial charge in [0.25, 0.3) is 0 Å². The van der Waals surface area contributed by atoms with Crippen LogP contribution >= 0.6 is 0 Å².